The van der Waals surface area contributed by atoms with Crippen LogP contribution in [0.4, 0.5) is 4.39 Å². The van der Waals surface area contributed by atoms with Gasteiger partial charge in [0.2, 0.25) is 0 Å². The summed E-state index contributed by atoms with van der Waals surface area (Å²) in [7, 11) is 1.57. The molecule has 0 radical (unpaired) electrons. The van der Waals surface area contributed by atoms with Crippen LogP contribution in [0.25, 0.3) is 0 Å². The molecule has 2 rings (SSSR count). The molecule has 1 aromatic carbocycles. The summed E-state index contributed by atoms with van der Waals surface area (Å²) in [6.07, 6.45) is 2.57. The molecule has 4 heteroatoms. The van der Waals surface area contributed by atoms with Crippen molar-refractivity contribution in [1.29, 1.82) is 0 Å². The summed E-state index contributed by atoms with van der Waals surface area (Å²) in [6.45, 7) is 0.517. The molecule has 1 aromatic rings. The minimum absolute atomic E-state index is 0.114. The van der Waals surface area contributed by atoms with Crippen LogP contribution < -0.4 is 10.1 Å². The molecule has 2 atom stereocenters. The molecule has 1 saturated carbocycles. The summed E-state index contributed by atoms with van der Waals surface area (Å²) in [4.78, 5) is 0. The van der Waals surface area contributed by atoms with E-state index < -0.39 is 0 Å². The first-order chi connectivity index (χ1) is 8.20. The quantitative estimate of drug-likeness (QED) is 0.842. The first-order valence-corrected chi connectivity index (χ1v) is 5.94. The van der Waals surface area contributed by atoms with Crippen LogP contribution in [-0.2, 0) is 6.54 Å². The number of benzene rings is 1. The van der Waals surface area contributed by atoms with Gasteiger partial charge in [0.1, 0.15) is 11.6 Å². The van der Waals surface area contributed by atoms with E-state index in [9.17, 15) is 9.50 Å². The zero-order valence-corrected chi connectivity index (χ0v) is 9.95. The maximum Gasteiger partial charge on any atom is 0.123 e. The van der Waals surface area contributed by atoms with Crippen molar-refractivity contribution in [1.82, 2.24) is 5.32 Å². The predicted molar refractivity (Wildman–Crippen MR) is 63.4 cm³/mol. The second kappa shape index (κ2) is 5.47. The van der Waals surface area contributed by atoms with Gasteiger partial charge in [0, 0.05) is 18.2 Å². The molecule has 17 heavy (non-hydrogen) atoms. The first kappa shape index (κ1) is 12.3. The fourth-order valence-electron chi connectivity index (χ4n) is 2.30. The monoisotopic (exact) mass is 239 g/mol. The van der Waals surface area contributed by atoms with Crippen LogP contribution in [0.1, 0.15) is 24.8 Å². The molecule has 0 amide bonds. The van der Waals surface area contributed by atoms with Crippen molar-refractivity contribution in [2.24, 2.45) is 0 Å². The SMILES string of the molecule is COc1ccc(F)cc1CN[C@@H]1CCC[C@@H]1O. The number of aliphatic hydroxyl groups excluding tert-OH is 1. The zero-order valence-electron chi connectivity index (χ0n) is 9.95. The maximum absolute atomic E-state index is 13.1. The zero-order chi connectivity index (χ0) is 12.3. The Hall–Kier alpha value is -1.13. The van der Waals surface area contributed by atoms with Gasteiger partial charge in [-0.05, 0) is 37.5 Å². The summed E-state index contributed by atoms with van der Waals surface area (Å²) in [5.41, 5.74) is 0.784. The van der Waals surface area contributed by atoms with Gasteiger partial charge in [-0.1, -0.05) is 0 Å². The molecule has 0 unspecified atom stereocenters. The predicted octanol–water partition coefficient (Wildman–Crippen LogP) is 1.84. The van der Waals surface area contributed by atoms with Gasteiger partial charge in [-0.3, -0.25) is 0 Å². The molecule has 94 valence electrons. The van der Waals surface area contributed by atoms with Gasteiger partial charge in [0.25, 0.3) is 0 Å². The van der Waals surface area contributed by atoms with Crippen LogP contribution in [0, 0.1) is 5.82 Å². The van der Waals surface area contributed by atoms with Crippen LogP contribution >= 0.6 is 0 Å². The van der Waals surface area contributed by atoms with Crippen molar-refractivity contribution >= 4 is 0 Å². The Kier molecular flexibility index (Phi) is 3.97. The van der Waals surface area contributed by atoms with E-state index in [2.05, 4.69) is 5.32 Å². The fourth-order valence-corrected chi connectivity index (χ4v) is 2.30. The molecule has 0 bridgehead atoms. The van der Waals surface area contributed by atoms with Gasteiger partial charge in [0.15, 0.2) is 0 Å². The minimum atomic E-state index is -0.283. The van der Waals surface area contributed by atoms with E-state index in [1.807, 2.05) is 0 Å². The van der Waals surface area contributed by atoms with Gasteiger partial charge in [-0.25, -0.2) is 4.39 Å². The molecule has 3 nitrogen and oxygen atoms in total. The lowest BCUT2D eigenvalue weighted by atomic mass is 10.1. The molecular weight excluding hydrogens is 221 g/mol. The van der Waals surface area contributed by atoms with E-state index in [4.69, 9.17) is 4.74 Å². The van der Waals surface area contributed by atoms with Gasteiger partial charge >= 0.3 is 0 Å². The Bertz CT molecular complexity index is 384. The minimum Gasteiger partial charge on any atom is -0.496 e. The Morgan fingerprint density at radius 2 is 2.29 bits per heavy atom. The standard InChI is InChI=1S/C13H18FNO2/c1-17-13-6-5-10(14)7-9(13)8-15-11-3-2-4-12(11)16/h5-7,11-12,15-16H,2-4,8H2,1H3/t11-,12+/m1/s1. The maximum atomic E-state index is 13.1. The van der Waals surface area contributed by atoms with Crippen LogP contribution in [0.5, 0.6) is 5.75 Å². The lowest BCUT2D eigenvalue weighted by molar-refractivity contribution is 0.148. The number of ether oxygens (including phenoxy) is 1. The molecular formula is C13H18FNO2. The average molecular weight is 239 g/mol. The average Bonchev–Trinajstić information content (AvgIpc) is 2.72. The van der Waals surface area contributed by atoms with Crippen LogP contribution in [-0.4, -0.2) is 24.4 Å². The van der Waals surface area contributed by atoms with E-state index in [1.54, 1.807) is 13.2 Å². The van der Waals surface area contributed by atoms with Crippen molar-refractivity contribution in [3.05, 3.63) is 29.6 Å². The first-order valence-electron chi connectivity index (χ1n) is 5.94. The number of methoxy groups -OCH3 is 1. The van der Waals surface area contributed by atoms with Gasteiger partial charge in [-0.2, -0.15) is 0 Å². The van der Waals surface area contributed by atoms with E-state index in [-0.39, 0.29) is 18.0 Å². The lowest BCUT2D eigenvalue weighted by Crippen LogP contribution is -2.35. The number of aliphatic hydroxyl groups is 1. The Morgan fingerprint density at radius 1 is 1.47 bits per heavy atom. The highest BCUT2D eigenvalue weighted by molar-refractivity contribution is 5.33. The highest BCUT2D eigenvalue weighted by Crippen LogP contribution is 2.22. The summed E-state index contributed by atoms with van der Waals surface area (Å²) >= 11 is 0. The van der Waals surface area contributed by atoms with Crippen molar-refractivity contribution in [2.75, 3.05) is 7.11 Å². The van der Waals surface area contributed by atoms with E-state index in [0.717, 1.165) is 24.8 Å². The third-order valence-corrected chi connectivity index (χ3v) is 3.28. The van der Waals surface area contributed by atoms with Gasteiger partial charge < -0.3 is 15.2 Å². The molecule has 1 aliphatic carbocycles. The van der Waals surface area contributed by atoms with Crippen molar-refractivity contribution < 1.29 is 14.2 Å². The molecule has 1 aliphatic rings. The number of hydrogen-bond donors (Lipinski definition) is 2. The summed E-state index contributed by atoms with van der Waals surface area (Å²) in [5, 5.41) is 12.9. The van der Waals surface area contributed by atoms with Crippen molar-refractivity contribution in [3.8, 4) is 5.75 Å². The Morgan fingerprint density at radius 3 is 2.94 bits per heavy atom. The second-order valence-electron chi connectivity index (χ2n) is 4.44. The lowest BCUT2D eigenvalue weighted by Gasteiger charge is -2.17. The Balaban J connectivity index is 2.00. The fraction of sp³-hybridized carbons (Fsp3) is 0.538. The van der Waals surface area contributed by atoms with Crippen molar-refractivity contribution in [3.63, 3.8) is 0 Å². The highest BCUT2D eigenvalue weighted by atomic mass is 19.1. The molecule has 1 fully saturated rings. The third-order valence-electron chi connectivity index (χ3n) is 3.28. The van der Waals surface area contributed by atoms with E-state index in [0.29, 0.717) is 12.3 Å². The number of hydrogen-bond acceptors (Lipinski definition) is 3. The second-order valence-corrected chi connectivity index (χ2v) is 4.44. The highest BCUT2D eigenvalue weighted by Gasteiger charge is 2.24. The molecule has 0 spiro atoms. The van der Waals surface area contributed by atoms with Crippen LogP contribution in [0.3, 0.4) is 0 Å². The molecule has 0 saturated heterocycles. The van der Waals surface area contributed by atoms with Gasteiger partial charge in [-0.15, -0.1) is 0 Å². The topological polar surface area (TPSA) is 41.5 Å². The number of rotatable bonds is 4. The molecule has 0 heterocycles. The largest absolute Gasteiger partial charge is 0.496 e. The summed E-state index contributed by atoms with van der Waals surface area (Å²) < 4.78 is 18.3. The van der Waals surface area contributed by atoms with Crippen molar-refractivity contribution in [2.45, 2.75) is 38.0 Å². The number of halogens is 1. The smallest absolute Gasteiger partial charge is 0.123 e. The molecule has 0 aromatic heterocycles. The van der Waals surface area contributed by atoms with Crippen LogP contribution in [0.2, 0.25) is 0 Å². The Labute approximate surface area is 101 Å². The normalized spacial score (nSPS) is 23.9. The molecule has 2 N–H and O–H groups in total. The van der Waals surface area contributed by atoms with E-state index in [1.165, 1.54) is 12.1 Å². The number of nitrogens with one attached hydrogen (secondary N) is 1. The third kappa shape index (κ3) is 2.96. The molecule has 0 aliphatic heterocycles. The van der Waals surface area contributed by atoms with Gasteiger partial charge in [0.05, 0.1) is 13.2 Å². The van der Waals surface area contributed by atoms with Crippen LogP contribution in [0.15, 0.2) is 18.2 Å². The summed E-state index contributed by atoms with van der Waals surface area (Å²) in [5.74, 6) is 0.404. The summed E-state index contributed by atoms with van der Waals surface area (Å²) in [6, 6.07) is 4.58. The van der Waals surface area contributed by atoms with E-state index >= 15 is 0 Å².